The second-order valence-corrected chi connectivity index (χ2v) is 6.15. The van der Waals surface area contributed by atoms with Crippen molar-refractivity contribution in [2.45, 2.75) is 39.0 Å². The first-order valence-electron chi connectivity index (χ1n) is 8.02. The van der Waals surface area contributed by atoms with Crippen LogP contribution in [0.3, 0.4) is 0 Å². The molecule has 0 aromatic heterocycles. The molecule has 0 radical (unpaired) electrons. The molecule has 0 heterocycles. The average Bonchev–Trinajstić information content (AvgIpc) is 2.53. The van der Waals surface area contributed by atoms with Gasteiger partial charge in [-0.2, -0.15) is 13.2 Å². The summed E-state index contributed by atoms with van der Waals surface area (Å²) < 4.78 is 38.1. The number of carbonyl (C=O) groups is 1. The summed E-state index contributed by atoms with van der Waals surface area (Å²) in [6.45, 7) is 4.09. The van der Waals surface area contributed by atoms with Gasteiger partial charge in [-0.05, 0) is 49.2 Å². The van der Waals surface area contributed by atoms with Gasteiger partial charge in [-0.1, -0.05) is 24.3 Å². The molecule has 1 amide bonds. The fourth-order valence-corrected chi connectivity index (χ4v) is 2.36. The minimum atomic E-state index is -4.34. The summed E-state index contributed by atoms with van der Waals surface area (Å²) in [6, 6.07) is 12.6. The van der Waals surface area contributed by atoms with Crippen LogP contribution in [-0.2, 0) is 23.9 Å². The number of rotatable bonds is 6. The Morgan fingerprint density at radius 1 is 1.04 bits per heavy atom. The van der Waals surface area contributed by atoms with Crippen molar-refractivity contribution in [2.24, 2.45) is 0 Å². The van der Waals surface area contributed by atoms with Gasteiger partial charge >= 0.3 is 6.18 Å². The fourth-order valence-electron chi connectivity index (χ4n) is 2.36. The number of amides is 1. The number of alkyl halides is 3. The average molecular weight is 350 g/mol. The molecule has 2 aromatic carbocycles. The normalized spacial score (nSPS) is 11.4. The van der Waals surface area contributed by atoms with Gasteiger partial charge in [0.2, 0.25) is 5.91 Å². The van der Waals surface area contributed by atoms with Gasteiger partial charge in [-0.15, -0.1) is 0 Å². The van der Waals surface area contributed by atoms with Gasteiger partial charge < -0.3 is 10.6 Å². The lowest BCUT2D eigenvalue weighted by atomic mass is 10.1. The topological polar surface area (TPSA) is 41.1 Å². The van der Waals surface area contributed by atoms with E-state index in [1.54, 1.807) is 6.07 Å². The Labute approximate surface area is 145 Å². The zero-order chi connectivity index (χ0) is 18.4. The summed E-state index contributed by atoms with van der Waals surface area (Å²) in [5, 5.41) is 5.91. The molecule has 0 fully saturated rings. The predicted molar refractivity (Wildman–Crippen MR) is 92.2 cm³/mol. The van der Waals surface area contributed by atoms with Gasteiger partial charge in [0.1, 0.15) is 0 Å². The Morgan fingerprint density at radius 2 is 1.72 bits per heavy atom. The molecule has 2 N–H and O–H groups in total. The minimum Gasteiger partial charge on any atom is -0.381 e. The van der Waals surface area contributed by atoms with Crippen molar-refractivity contribution >= 4 is 11.6 Å². The third-order valence-electron chi connectivity index (χ3n) is 3.52. The van der Waals surface area contributed by atoms with Gasteiger partial charge in [0.25, 0.3) is 0 Å². The number of anilines is 1. The summed E-state index contributed by atoms with van der Waals surface area (Å²) in [5.74, 6) is -0.0420. The van der Waals surface area contributed by atoms with E-state index in [0.717, 1.165) is 23.4 Å². The molecule has 0 bridgehead atoms. The van der Waals surface area contributed by atoms with Gasteiger partial charge in [-0.25, -0.2) is 0 Å². The Hall–Kier alpha value is -2.50. The SMILES string of the molecule is CC(C)NC(=O)Cc1ccc(NCc2cccc(C(F)(F)F)c2)cc1. The number of nitrogens with one attached hydrogen (secondary N) is 2. The first-order chi connectivity index (χ1) is 11.7. The number of benzene rings is 2. The van der Waals surface area contributed by atoms with E-state index >= 15 is 0 Å². The molecular weight excluding hydrogens is 329 g/mol. The Balaban J connectivity index is 1.93. The summed E-state index contributed by atoms with van der Waals surface area (Å²) in [5.41, 5.74) is 1.56. The lowest BCUT2D eigenvalue weighted by molar-refractivity contribution is -0.137. The lowest BCUT2D eigenvalue weighted by Crippen LogP contribution is -2.31. The van der Waals surface area contributed by atoms with Gasteiger partial charge in [0, 0.05) is 18.3 Å². The summed E-state index contributed by atoms with van der Waals surface area (Å²) >= 11 is 0. The van der Waals surface area contributed by atoms with Crippen molar-refractivity contribution in [2.75, 3.05) is 5.32 Å². The van der Waals surface area contributed by atoms with Gasteiger partial charge in [0.15, 0.2) is 0 Å². The quantitative estimate of drug-likeness (QED) is 0.811. The van der Waals surface area contributed by atoms with E-state index in [0.29, 0.717) is 12.0 Å². The van der Waals surface area contributed by atoms with Crippen molar-refractivity contribution in [3.63, 3.8) is 0 Å². The molecule has 2 rings (SSSR count). The number of halogens is 3. The number of hydrogen-bond acceptors (Lipinski definition) is 2. The fraction of sp³-hybridized carbons (Fsp3) is 0.316. The van der Waals surface area contributed by atoms with Crippen LogP contribution in [0.2, 0.25) is 0 Å². The largest absolute Gasteiger partial charge is 0.416 e. The second-order valence-electron chi connectivity index (χ2n) is 6.15. The molecule has 25 heavy (non-hydrogen) atoms. The molecular formula is C19H21F3N2O. The second kappa shape index (κ2) is 8.05. The third kappa shape index (κ3) is 6.14. The molecule has 0 spiro atoms. The molecule has 0 aliphatic carbocycles. The van der Waals surface area contributed by atoms with E-state index in [2.05, 4.69) is 10.6 Å². The zero-order valence-corrected chi connectivity index (χ0v) is 14.2. The number of carbonyl (C=O) groups excluding carboxylic acids is 1. The van der Waals surface area contributed by atoms with Crippen LogP contribution in [0.15, 0.2) is 48.5 Å². The summed E-state index contributed by atoms with van der Waals surface area (Å²) in [6.07, 6.45) is -4.04. The molecule has 2 aromatic rings. The van der Waals surface area contributed by atoms with Crippen LogP contribution in [0.4, 0.5) is 18.9 Å². The lowest BCUT2D eigenvalue weighted by Gasteiger charge is -2.11. The summed E-state index contributed by atoms with van der Waals surface area (Å²) in [4.78, 5) is 11.7. The van der Waals surface area contributed by atoms with Crippen molar-refractivity contribution in [3.05, 3.63) is 65.2 Å². The molecule has 3 nitrogen and oxygen atoms in total. The van der Waals surface area contributed by atoms with Crippen molar-refractivity contribution in [3.8, 4) is 0 Å². The zero-order valence-electron chi connectivity index (χ0n) is 14.2. The highest BCUT2D eigenvalue weighted by Gasteiger charge is 2.30. The third-order valence-corrected chi connectivity index (χ3v) is 3.52. The van der Waals surface area contributed by atoms with Crippen LogP contribution in [0.5, 0.6) is 0 Å². The van der Waals surface area contributed by atoms with Crippen LogP contribution in [-0.4, -0.2) is 11.9 Å². The summed E-state index contributed by atoms with van der Waals surface area (Å²) in [7, 11) is 0. The maximum atomic E-state index is 12.7. The van der Waals surface area contributed by atoms with Crippen LogP contribution >= 0.6 is 0 Å². The maximum Gasteiger partial charge on any atom is 0.416 e. The molecule has 0 aliphatic heterocycles. The minimum absolute atomic E-state index is 0.0420. The highest BCUT2D eigenvalue weighted by Crippen LogP contribution is 2.29. The molecule has 0 unspecified atom stereocenters. The predicted octanol–water partition coefficient (Wildman–Crippen LogP) is 4.38. The van der Waals surface area contributed by atoms with Crippen molar-refractivity contribution < 1.29 is 18.0 Å². The highest BCUT2D eigenvalue weighted by atomic mass is 19.4. The van der Waals surface area contributed by atoms with Gasteiger partial charge in [0.05, 0.1) is 12.0 Å². The maximum absolute atomic E-state index is 12.7. The van der Waals surface area contributed by atoms with E-state index in [1.807, 2.05) is 38.1 Å². The van der Waals surface area contributed by atoms with Crippen LogP contribution in [0.25, 0.3) is 0 Å². The Bertz CT molecular complexity index is 709. The van der Waals surface area contributed by atoms with E-state index in [1.165, 1.54) is 6.07 Å². The van der Waals surface area contributed by atoms with Crippen molar-refractivity contribution in [1.29, 1.82) is 0 Å². The molecule has 0 aliphatic rings. The van der Waals surface area contributed by atoms with Crippen LogP contribution in [0, 0.1) is 0 Å². The molecule has 134 valence electrons. The first-order valence-corrected chi connectivity index (χ1v) is 8.02. The van der Waals surface area contributed by atoms with E-state index < -0.39 is 11.7 Å². The van der Waals surface area contributed by atoms with Gasteiger partial charge in [-0.3, -0.25) is 4.79 Å². The highest BCUT2D eigenvalue weighted by molar-refractivity contribution is 5.78. The molecule has 0 atom stereocenters. The molecule has 0 saturated carbocycles. The Kier molecular flexibility index (Phi) is 6.07. The smallest absolute Gasteiger partial charge is 0.381 e. The van der Waals surface area contributed by atoms with E-state index in [4.69, 9.17) is 0 Å². The monoisotopic (exact) mass is 350 g/mol. The van der Waals surface area contributed by atoms with E-state index in [-0.39, 0.29) is 18.5 Å². The van der Waals surface area contributed by atoms with Crippen LogP contribution < -0.4 is 10.6 Å². The molecule has 6 heteroatoms. The van der Waals surface area contributed by atoms with Crippen molar-refractivity contribution in [1.82, 2.24) is 5.32 Å². The number of hydrogen-bond donors (Lipinski definition) is 2. The molecule has 0 saturated heterocycles. The standard InChI is InChI=1S/C19H21F3N2O/c1-13(2)24-18(25)11-14-6-8-17(9-7-14)23-12-15-4-3-5-16(10-15)19(20,21)22/h3-10,13,23H,11-12H2,1-2H3,(H,24,25). The Morgan fingerprint density at radius 3 is 2.32 bits per heavy atom. The van der Waals surface area contributed by atoms with Crippen LogP contribution in [0.1, 0.15) is 30.5 Å². The first kappa shape index (κ1) is 18.8. The van der Waals surface area contributed by atoms with E-state index in [9.17, 15) is 18.0 Å².